The van der Waals surface area contributed by atoms with Crippen molar-refractivity contribution in [2.45, 2.75) is 84.5 Å². The van der Waals surface area contributed by atoms with E-state index in [0.29, 0.717) is 23.8 Å². The van der Waals surface area contributed by atoms with E-state index < -0.39 is 5.60 Å². The number of ether oxygens (including phenoxy) is 3. The van der Waals surface area contributed by atoms with Gasteiger partial charge in [-0.3, -0.25) is 0 Å². The SMILES string of the molecule is CC(C)CCOc1ccc2c(c1)[C@H]1OCCC[C@H]1[C@@H](C1CCN(C(=O)OC(C)(C)C)CC1)N2. The molecule has 2 fully saturated rings. The van der Waals surface area contributed by atoms with Gasteiger partial charge in [-0.15, -0.1) is 0 Å². The Morgan fingerprint density at radius 3 is 2.67 bits per heavy atom. The Morgan fingerprint density at radius 2 is 1.97 bits per heavy atom. The van der Waals surface area contributed by atoms with Crippen LogP contribution in [0.15, 0.2) is 18.2 Å². The molecule has 1 amide bonds. The van der Waals surface area contributed by atoms with Gasteiger partial charge >= 0.3 is 6.09 Å². The quantitative estimate of drug-likeness (QED) is 0.585. The van der Waals surface area contributed by atoms with Crippen molar-refractivity contribution in [2.24, 2.45) is 17.8 Å². The van der Waals surface area contributed by atoms with Crippen LogP contribution in [-0.2, 0) is 9.47 Å². The molecule has 3 aliphatic rings. The second kappa shape index (κ2) is 10.1. The molecule has 0 saturated carbocycles. The first kappa shape index (κ1) is 24.2. The van der Waals surface area contributed by atoms with Crippen LogP contribution < -0.4 is 10.1 Å². The summed E-state index contributed by atoms with van der Waals surface area (Å²) < 4.78 is 18.0. The number of benzene rings is 1. The molecule has 2 saturated heterocycles. The highest BCUT2D eigenvalue weighted by Crippen LogP contribution is 2.47. The van der Waals surface area contributed by atoms with Crippen LogP contribution in [0.25, 0.3) is 0 Å². The number of nitrogens with zero attached hydrogens (tertiary/aromatic N) is 1. The summed E-state index contributed by atoms with van der Waals surface area (Å²) in [5.41, 5.74) is 1.96. The van der Waals surface area contributed by atoms with Gasteiger partial charge in [-0.05, 0) is 82.9 Å². The monoisotopic (exact) mass is 458 g/mol. The van der Waals surface area contributed by atoms with Crippen LogP contribution in [0.1, 0.15) is 78.4 Å². The minimum Gasteiger partial charge on any atom is -0.494 e. The van der Waals surface area contributed by atoms with E-state index in [2.05, 4.69) is 37.4 Å². The first-order valence-corrected chi connectivity index (χ1v) is 12.8. The Labute approximate surface area is 199 Å². The molecular weight excluding hydrogens is 416 g/mol. The molecule has 1 N–H and O–H groups in total. The molecule has 0 unspecified atom stereocenters. The molecular formula is C27H42N2O4. The number of carbonyl (C=O) groups is 1. The molecule has 184 valence electrons. The van der Waals surface area contributed by atoms with Gasteiger partial charge in [0.2, 0.25) is 0 Å². The number of nitrogens with one attached hydrogen (secondary N) is 1. The molecule has 3 aliphatic heterocycles. The van der Waals surface area contributed by atoms with Crippen molar-refractivity contribution in [3.8, 4) is 5.75 Å². The number of fused-ring (bicyclic) bond motifs is 3. The largest absolute Gasteiger partial charge is 0.494 e. The highest BCUT2D eigenvalue weighted by atomic mass is 16.6. The van der Waals surface area contributed by atoms with Crippen molar-refractivity contribution in [3.05, 3.63) is 23.8 Å². The Bertz CT molecular complexity index is 811. The summed E-state index contributed by atoms with van der Waals surface area (Å²) in [4.78, 5) is 14.4. The molecule has 0 spiro atoms. The lowest BCUT2D eigenvalue weighted by molar-refractivity contribution is -0.0479. The summed E-state index contributed by atoms with van der Waals surface area (Å²) in [5.74, 6) is 2.55. The van der Waals surface area contributed by atoms with E-state index in [4.69, 9.17) is 14.2 Å². The Balaban J connectivity index is 1.43. The van der Waals surface area contributed by atoms with Gasteiger partial charge in [0.25, 0.3) is 0 Å². The third kappa shape index (κ3) is 5.95. The molecule has 4 rings (SSSR count). The summed E-state index contributed by atoms with van der Waals surface area (Å²) in [5, 5.41) is 3.88. The zero-order valence-corrected chi connectivity index (χ0v) is 21.1. The minimum atomic E-state index is -0.452. The minimum absolute atomic E-state index is 0.123. The van der Waals surface area contributed by atoms with Crippen LogP contribution in [0.5, 0.6) is 5.75 Å². The average Bonchev–Trinajstić information content (AvgIpc) is 2.77. The lowest BCUT2D eigenvalue weighted by Gasteiger charge is -2.47. The predicted molar refractivity (Wildman–Crippen MR) is 131 cm³/mol. The third-order valence-electron chi connectivity index (χ3n) is 7.14. The van der Waals surface area contributed by atoms with E-state index >= 15 is 0 Å². The summed E-state index contributed by atoms with van der Waals surface area (Å²) in [6.07, 6.45) is 5.26. The highest BCUT2D eigenvalue weighted by molar-refractivity contribution is 5.68. The third-order valence-corrected chi connectivity index (χ3v) is 7.14. The zero-order chi connectivity index (χ0) is 23.6. The van der Waals surface area contributed by atoms with Gasteiger partial charge in [0.15, 0.2) is 0 Å². The fraction of sp³-hybridized carbons (Fsp3) is 0.741. The summed E-state index contributed by atoms with van der Waals surface area (Å²) in [7, 11) is 0. The van der Waals surface area contributed by atoms with E-state index in [1.165, 1.54) is 17.7 Å². The number of hydrogen-bond donors (Lipinski definition) is 1. The Hall–Kier alpha value is -1.95. The molecule has 0 radical (unpaired) electrons. The van der Waals surface area contributed by atoms with Crippen molar-refractivity contribution in [1.82, 2.24) is 4.90 Å². The van der Waals surface area contributed by atoms with Crippen molar-refractivity contribution in [1.29, 1.82) is 0 Å². The molecule has 0 aliphatic carbocycles. The number of anilines is 1. The van der Waals surface area contributed by atoms with E-state index in [0.717, 1.165) is 57.7 Å². The van der Waals surface area contributed by atoms with E-state index in [9.17, 15) is 4.79 Å². The van der Waals surface area contributed by atoms with Crippen LogP contribution in [-0.4, -0.2) is 48.9 Å². The standard InChI is InChI=1S/C27H42N2O4/c1-18(2)12-16-31-20-8-9-23-22(17-20)25-21(7-6-15-32-25)24(28-23)19-10-13-29(14-11-19)26(30)33-27(3,4)5/h8-9,17-19,21,24-25,28H,6-7,10-16H2,1-5H3/t21-,24+,25-/m0/s1. The van der Waals surface area contributed by atoms with E-state index in [1.807, 2.05) is 25.7 Å². The number of likely N-dealkylation sites (tertiary alicyclic amines) is 1. The van der Waals surface area contributed by atoms with Crippen LogP contribution in [0.4, 0.5) is 10.5 Å². The van der Waals surface area contributed by atoms with Gasteiger partial charge in [0.05, 0.1) is 12.7 Å². The van der Waals surface area contributed by atoms with Gasteiger partial charge < -0.3 is 24.4 Å². The number of piperidine rings is 1. The molecule has 1 aromatic carbocycles. The van der Waals surface area contributed by atoms with E-state index in [1.54, 1.807) is 0 Å². The van der Waals surface area contributed by atoms with Gasteiger partial charge in [-0.1, -0.05) is 13.8 Å². The Kier molecular flexibility index (Phi) is 7.42. The van der Waals surface area contributed by atoms with Crippen molar-refractivity contribution in [3.63, 3.8) is 0 Å². The number of rotatable bonds is 5. The molecule has 0 aromatic heterocycles. The normalized spacial score (nSPS) is 25.8. The number of carbonyl (C=O) groups excluding carboxylic acids is 1. The molecule has 3 heterocycles. The zero-order valence-electron chi connectivity index (χ0n) is 21.1. The summed E-state index contributed by atoms with van der Waals surface area (Å²) >= 11 is 0. The van der Waals surface area contributed by atoms with E-state index in [-0.39, 0.29) is 12.2 Å². The maximum absolute atomic E-state index is 12.5. The van der Waals surface area contributed by atoms with Crippen molar-refractivity contribution >= 4 is 11.8 Å². The predicted octanol–water partition coefficient (Wildman–Crippen LogP) is 6.02. The second-order valence-electron chi connectivity index (χ2n) is 11.4. The van der Waals surface area contributed by atoms with Crippen LogP contribution >= 0.6 is 0 Å². The van der Waals surface area contributed by atoms with Crippen molar-refractivity contribution in [2.75, 3.05) is 31.6 Å². The van der Waals surface area contributed by atoms with Crippen molar-refractivity contribution < 1.29 is 19.0 Å². The van der Waals surface area contributed by atoms with Gasteiger partial charge in [-0.2, -0.15) is 0 Å². The van der Waals surface area contributed by atoms with Crippen LogP contribution in [0.2, 0.25) is 0 Å². The molecule has 6 heteroatoms. The maximum Gasteiger partial charge on any atom is 0.410 e. The van der Waals surface area contributed by atoms with Gasteiger partial charge in [0.1, 0.15) is 11.4 Å². The average molecular weight is 459 g/mol. The second-order valence-corrected chi connectivity index (χ2v) is 11.4. The molecule has 1 aromatic rings. The topological polar surface area (TPSA) is 60.0 Å². The molecule has 3 atom stereocenters. The maximum atomic E-state index is 12.5. The fourth-order valence-electron chi connectivity index (χ4n) is 5.42. The van der Waals surface area contributed by atoms with Gasteiger partial charge in [-0.25, -0.2) is 4.79 Å². The summed E-state index contributed by atoms with van der Waals surface area (Å²) in [6.45, 7) is 13.3. The summed E-state index contributed by atoms with van der Waals surface area (Å²) in [6, 6.07) is 6.80. The molecule has 0 bridgehead atoms. The Morgan fingerprint density at radius 1 is 1.21 bits per heavy atom. The van der Waals surface area contributed by atoms with Crippen LogP contribution in [0, 0.1) is 17.8 Å². The smallest absolute Gasteiger partial charge is 0.410 e. The first-order valence-electron chi connectivity index (χ1n) is 12.8. The number of amides is 1. The lowest BCUT2D eigenvalue weighted by Crippen LogP contribution is -2.50. The fourth-order valence-corrected chi connectivity index (χ4v) is 5.42. The van der Waals surface area contributed by atoms with Crippen LogP contribution in [0.3, 0.4) is 0 Å². The lowest BCUT2D eigenvalue weighted by atomic mass is 9.73. The first-order chi connectivity index (χ1) is 15.7. The van der Waals surface area contributed by atoms with Gasteiger partial charge in [0, 0.05) is 42.9 Å². The molecule has 33 heavy (non-hydrogen) atoms. The number of hydrogen-bond acceptors (Lipinski definition) is 5. The highest BCUT2D eigenvalue weighted by Gasteiger charge is 2.43. The molecule has 6 nitrogen and oxygen atoms in total.